The summed E-state index contributed by atoms with van der Waals surface area (Å²) in [6.07, 6.45) is 23.9. The maximum atomic E-state index is 13.7. The van der Waals surface area contributed by atoms with Crippen molar-refractivity contribution in [2.45, 2.75) is 153 Å². The van der Waals surface area contributed by atoms with Crippen LogP contribution in [0.25, 0.3) is 33.0 Å². The van der Waals surface area contributed by atoms with Crippen molar-refractivity contribution in [3.8, 4) is 33.8 Å². The zero-order valence-corrected chi connectivity index (χ0v) is 33.5. The van der Waals surface area contributed by atoms with Crippen LogP contribution in [0.2, 0.25) is 0 Å². The standard InChI is InChI=1S/C50H62N2O4/c53-48(51(40-17-5-1-6-18-40)41-19-7-2-8-20-41)35-55-44-31-27-37(28-32-44)46-25-13-15-39-16-14-26-47(50(39)46)38-29-33-45(34-30-38)56-36-49(54)52(42-21-9-3-10-22-42)43-23-11-4-12-24-43/h13-16,25-34,40-43H,1-12,17-24,35-36H2. The molecule has 0 saturated heterocycles. The van der Waals surface area contributed by atoms with Crippen LogP contribution in [0.4, 0.5) is 0 Å². The molecule has 0 N–H and O–H groups in total. The summed E-state index contributed by atoms with van der Waals surface area (Å²) in [5.41, 5.74) is 4.51. The van der Waals surface area contributed by atoms with Gasteiger partial charge in [-0.1, -0.05) is 138 Å². The number of benzene rings is 4. The molecule has 0 spiro atoms. The van der Waals surface area contributed by atoms with E-state index in [0.717, 1.165) is 85.1 Å². The van der Waals surface area contributed by atoms with Crippen molar-refractivity contribution < 1.29 is 19.1 Å². The molecule has 0 radical (unpaired) electrons. The molecule has 296 valence electrons. The lowest BCUT2D eigenvalue weighted by Gasteiger charge is -2.41. The fourth-order valence-corrected chi connectivity index (χ4v) is 10.6. The summed E-state index contributed by atoms with van der Waals surface area (Å²) in [5, 5.41) is 2.36. The highest BCUT2D eigenvalue weighted by Crippen LogP contribution is 2.38. The third-order valence-corrected chi connectivity index (χ3v) is 13.4. The van der Waals surface area contributed by atoms with Crippen LogP contribution in [-0.2, 0) is 9.59 Å². The lowest BCUT2D eigenvalue weighted by Crippen LogP contribution is -2.50. The molecular formula is C50H62N2O4. The van der Waals surface area contributed by atoms with E-state index in [-0.39, 0.29) is 25.0 Å². The van der Waals surface area contributed by atoms with Crippen LogP contribution in [0, 0.1) is 0 Å². The Bertz CT molecular complexity index is 1710. The molecule has 0 unspecified atom stereocenters. The Hall–Kier alpha value is -4.32. The summed E-state index contributed by atoms with van der Waals surface area (Å²) in [5.74, 6) is 1.75. The second-order valence-electron chi connectivity index (χ2n) is 17.1. The summed E-state index contributed by atoms with van der Waals surface area (Å²) in [6.45, 7) is 0.190. The number of carbonyl (C=O) groups is 2. The van der Waals surface area contributed by atoms with Crippen LogP contribution in [0.1, 0.15) is 128 Å². The molecule has 4 aliphatic carbocycles. The molecule has 0 aliphatic heterocycles. The molecule has 0 aromatic heterocycles. The molecule has 0 atom stereocenters. The van der Waals surface area contributed by atoms with Gasteiger partial charge in [0.25, 0.3) is 11.8 Å². The molecular weight excluding hydrogens is 693 g/mol. The summed E-state index contributed by atoms with van der Waals surface area (Å²) >= 11 is 0. The van der Waals surface area contributed by atoms with Gasteiger partial charge < -0.3 is 19.3 Å². The molecule has 4 fully saturated rings. The lowest BCUT2D eigenvalue weighted by molar-refractivity contribution is -0.141. The predicted molar refractivity (Wildman–Crippen MR) is 227 cm³/mol. The van der Waals surface area contributed by atoms with Crippen LogP contribution in [0.5, 0.6) is 11.5 Å². The van der Waals surface area contributed by atoms with E-state index in [1.165, 1.54) is 87.8 Å². The van der Waals surface area contributed by atoms with E-state index < -0.39 is 0 Å². The topological polar surface area (TPSA) is 59.1 Å². The quantitative estimate of drug-likeness (QED) is 0.144. The Labute approximate surface area is 334 Å². The number of ether oxygens (including phenoxy) is 2. The van der Waals surface area contributed by atoms with Gasteiger partial charge in [0.05, 0.1) is 0 Å². The van der Waals surface area contributed by atoms with Crippen molar-refractivity contribution in [2.24, 2.45) is 0 Å². The van der Waals surface area contributed by atoms with E-state index in [4.69, 9.17) is 9.47 Å². The van der Waals surface area contributed by atoms with E-state index in [2.05, 4.69) is 70.5 Å². The monoisotopic (exact) mass is 754 g/mol. The number of hydrogen-bond donors (Lipinski definition) is 0. The van der Waals surface area contributed by atoms with E-state index in [0.29, 0.717) is 24.2 Å². The van der Waals surface area contributed by atoms with Crippen molar-refractivity contribution in [3.05, 3.63) is 84.9 Å². The average molecular weight is 755 g/mol. The maximum absolute atomic E-state index is 13.7. The minimum Gasteiger partial charge on any atom is -0.484 e. The van der Waals surface area contributed by atoms with Crippen LogP contribution < -0.4 is 9.47 Å². The molecule has 2 amide bonds. The van der Waals surface area contributed by atoms with Gasteiger partial charge >= 0.3 is 0 Å². The van der Waals surface area contributed by atoms with Crippen LogP contribution in [-0.4, -0.2) is 59.0 Å². The first-order chi connectivity index (χ1) is 27.6. The fourth-order valence-electron chi connectivity index (χ4n) is 10.6. The summed E-state index contributed by atoms with van der Waals surface area (Å²) in [6, 6.07) is 30.9. The van der Waals surface area contributed by atoms with Gasteiger partial charge in [0.1, 0.15) is 11.5 Å². The fraction of sp³-hybridized carbons (Fsp3) is 0.520. The minimum absolute atomic E-state index is 0.0952. The van der Waals surface area contributed by atoms with Gasteiger partial charge in [0, 0.05) is 24.2 Å². The van der Waals surface area contributed by atoms with Gasteiger partial charge in [0.15, 0.2) is 13.2 Å². The number of nitrogens with zero attached hydrogens (tertiary/aromatic N) is 2. The smallest absolute Gasteiger partial charge is 0.261 e. The zero-order valence-electron chi connectivity index (χ0n) is 33.5. The highest BCUT2D eigenvalue weighted by Gasteiger charge is 2.34. The normalized spacial score (nSPS) is 19.1. The first-order valence-corrected chi connectivity index (χ1v) is 22.2. The van der Waals surface area contributed by atoms with Crippen molar-refractivity contribution in [2.75, 3.05) is 13.2 Å². The SMILES string of the molecule is O=C(COc1ccc(-c2cccc3cccc(-c4ccc(OCC(=O)N(C5CCCCC5)C5CCCCC5)cc4)c23)cc1)N(C1CCCCC1)C1CCCCC1. The molecule has 4 aromatic carbocycles. The molecule has 4 aromatic rings. The van der Waals surface area contributed by atoms with Crippen LogP contribution >= 0.6 is 0 Å². The second-order valence-corrected chi connectivity index (χ2v) is 17.1. The highest BCUT2D eigenvalue weighted by molar-refractivity contribution is 6.06. The summed E-state index contributed by atoms with van der Waals surface area (Å²) in [7, 11) is 0. The van der Waals surface area contributed by atoms with Crippen molar-refractivity contribution >= 4 is 22.6 Å². The van der Waals surface area contributed by atoms with Crippen LogP contribution in [0.3, 0.4) is 0 Å². The molecule has 6 nitrogen and oxygen atoms in total. The van der Waals surface area contributed by atoms with Crippen molar-refractivity contribution in [1.82, 2.24) is 9.80 Å². The Balaban J connectivity index is 0.945. The third-order valence-electron chi connectivity index (χ3n) is 13.4. The zero-order chi connectivity index (χ0) is 38.1. The highest BCUT2D eigenvalue weighted by atomic mass is 16.5. The molecule has 4 saturated carbocycles. The van der Waals surface area contributed by atoms with Gasteiger partial charge in [-0.25, -0.2) is 0 Å². The maximum Gasteiger partial charge on any atom is 0.261 e. The Morgan fingerprint density at radius 2 is 0.750 bits per heavy atom. The molecule has 0 heterocycles. The van der Waals surface area contributed by atoms with Gasteiger partial charge in [-0.3, -0.25) is 9.59 Å². The first kappa shape index (κ1) is 38.5. The second kappa shape index (κ2) is 18.7. The molecule has 56 heavy (non-hydrogen) atoms. The van der Waals surface area contributed by atoms with E-state index in [9.17, 15) is 9.59 Å². The number of carbonyl (C=O) groups excluding carboxylic acids is 2. The average Bonchev–Trinajstić information content (AvgIpc) is 3.26. The summed E-state index contributed by atoms with van der Waals surface area (Å²) < 4.78 is 12.4. The largest absolute Gasteiger partial charge is 0.484 e. The van der Waals surface area contributed by atoms with E-state index in [1.54, 1.807) is 0 Å². The summed E-state index contributed by atoms with van der Waals surface area (Å²) in [4.78, 5) is 31.9. The molecule has 4 aliphatic rings. The van der Waals surface area contributed by atoms with Crippen LogP contribution in [0.15, 0.2) is 84.9 Å². The van der Waals surface area contributed by atoms with Gasteiger partial charge in [-0.05, 0) is 109 Å². The number of amides is 2. The predicted octanol–water partition coefficient (Wildman–Crippen LogP) is 11.9. The Morgan fingerprint density at radius 3 is 1.07 bits per heavy atom. The number of fused-ring (bicyclic) bond motifs is 1. The lowest BCUT2D eigenvalue weighted by atomic mass is 9.88. The van der Waals surface area contributed by atoms with Crippen molar-refractivity contribution in [3.63, 3.8) is 0 Å². The molecule has 0 bridgehead atoms. The first-order valence-electron chi connectivity index (χ1n) is 22.2. The van der Waals surface area contributed by atoms with Gasteiger partial charge in [-0.2, -0.15) is 0 Å². The minimum atomic E-state index is 0.0952. The Morgan fingerprint density at radius 1 is 0.429 bits per heavy atom. The number of rotatable bonds is 12. The Kier molecular flexibility index (Phi) is 12.9. The van der Waals surface area contributed by atoms with Gasteiger partial charge in [-0.15, -0.1) is 0 Å². The van der Waals surface area contributed by atoms with Gasteiger partial charge in [0.2, 0.25) is 0 Å². The van der Waals surface area contributed by atoms with E-state index >= 15 is 0 Å². The van der Waals surface area contributed by atoms with Crippen molar-refractivity contribution in [1.29, 1.82) is 0 Å². The van der Waals surface area contributed by atoms with E-state index in [1.807, 2.05) is 24.3 Å². The molecule has 6 heteroatoms. The number of hydrogen-bond acceptors (Lipinski definition) is 4. The molecule has 8 rings (SSSR count). The third kappa shape index (κ3) is 9.11.